The van der Waals surface area contributed by atoms with Gasteiger partial charge in [0, 0.05) is 12.5 Å². The molecule has 0 saturated carbocycles. The Labute approximate surface area is 122 Å². The van der Waals surface area contributed by atoms with E-state index in [0.717, 1.165) is 6.42 Å². The Hall–Kier alpha value is -1.50. The number of hydrogen-bond donors (Lipinski definition) is 1. The van der Waals surface area contributed by atoms with Crippen LogP contribution in [0.2, 0.25) is 0 Å². The van der Waals surface area contributed by atoms with Crippen molar-refractivity contribution in [2.24, 2.45) is 5.92 Å². The SMILES string of the molecule is C#CCC(CC)N1C(=O)C(CC(C)C)NC(=O)C1CC. The van der Waals surface area contributed by atoms with Gasteiger partial charge in [-0.1, -0.05) is 27.7 Å². The molecule has 4 nitrogen and oxygen atoms in total. The zero-order valence-electron chi connectivity index (χ0n) is 13.0. The van der Waals surface area contributed by atoms with Crippen LogP contribution in [0.15, 0.2) is 0 Å². The zero-order chi connectivity index (χ0) is 15.3. The molecule has 3 unspecified atom stereocenters. The van der Waals surface area contributed by atoms with Crippen molar-refractivity contribution in [1.29, 1.82) is 0 Å². The minimum Gasteiger partial charge on any atom is -0.342 e. The molecule has 1 heterocycles. The fourth-order valence-electron chi connectivity index (χ4n) is 2.81. The number of carbonyl (C=O) groups excluding carboxylic acids is 2. The summed E-state index contributed by atoms with van der Waals surface area (Å²) in [7, 11) is 0. The minimum absolute atomic E-state index is 0.0206. The number of amides is 2. The van der Waals surface area contributed by atoms with Crippen LogP contribution in [0.25, 0.3) is 0 Å². The molecule has 20 heavy (non-hydrogen) atoms. The molecule has 1 aliphatic rings. The van der Waals surface area contributed by atoms with E-state index in [4.69, 9.17) is 6.42 Å². The van der Waals surface area contributed by atoms with Gasteiger partial charge in [0.1, 0.15) is 12.1 Å². The Balaban J connectivity index is 3.02. The summed E-state index contributed by atoms with van der Waals surface area (Å²) in [4.78, 5) is 26.7. The maximum Gasteiger partial charge on any atom is 0.246 e. The second kappa shape index (κ2) is 7.33. The lowest BCUT2D eigenvalue weighted by atomic mass is 9.94. The number of carbonyl (C=O) groups is 2. The molecule has 1 aliphatic heterocycles. The van der Waals surface area contributed by atoms with Crippen LogP contribution in [-0.4, -0.2) is 34.8 Å². The minimum atomic E-state index is -0.405. The summed E-state index contributed by atoms with van der Waals surface area (Å²) in [5.41, 5.74) is 0. The molecule has 112 valence electrons. The first-order valence-electron chi connectivity index (χ1n) is 7.52. The van der Waals surface area contributed by atoms with Gasteiger partial charge >= 0.3 is 0 Å². The molecule has 0 aromatic carbocycles. The highest BCUT2D eigenvalue weighted by Gasteiger charge is 2.42. The van der Waals surface area contributed by atoms with Crippen molar-refractivity contribution < 1.29 is 9.59 Å². The second-order valence-electron chi connectivity index (χ2n) is 5.83. The maximum atomic E-state index is 12.7. The third-order valence-corrected chi connectivity index (χ3v) is 3.82. The second-order valence-corrected chi connectivity index (χ2v) is 5.83. The van der Waals surface area contributed by atoms with E-state index in [0.29, 0.717) is 25.2 Å². The number of nitrogens with one attached hydrogen (secondary N) is 1. The van der Waals surface area contributed by atoms with Gasteiger partial charge in [0.25, 0.3) is 0 Å². The molecule has 1 fully saturated rings. The summed E-state index contributed by atoms with van der Waals surface area (Å²) in [6.07, 6.45) is 7.97. The smallest absolute Gasteiger partial charge is 0.246 e. The summed E-state index contributed by atoms with van der Waals surface area (Å²) in [6, 6.07) is -0.834. The molecule has 1 saturated heterocycles. The molecule has 0 bridgehead atoms. The first-order valence-corrected chi connectivity index (χ1v) is 7.52. The van der Waals surface area contributed by atoms with Crippen LogP contribution in [0.1, 0.15) is 53.4 Å². The van der Waals surface area contributed by atoms with E-state index in [1.165, 1.54) is 0 Å². The average molecular weight is 278 g/mol. The van der Waals surface area contributed by atoms with E-state index in [9.17, 15) is 9.59 Å². The van der Waals surface area contributed by atoms with Gasteiger partial charge in [-0.15, -0.1) is 12.3 Å². The van der Waals surface area contributed by atoms with Crippen molar-refractivity contribution in [2.75, 3.05) is 0 Å². The topological polar surface area (TPSA) is 49.4 Å². The largest absolute Gasteiger partial charge is 0.342 e. The van der Waals surface area contributed by atoms with Crippen molar-refractivity contribution in [1.82, 2.24) is 10.2 Å². The molecule has 3 atom stereocenters. The molecule has 0 aliphatic carbocycles. The highest BCUT2D eigenvalue weighted by atomic mass is 16.2. The maximum absolute atomic E-state index is 12.7. The Bertz CT molecular complexity index is 398. The van der Waals surface area contributed by atoms with Crippen LogP contribution in [0.3, 0.4) is 0 Å². The first kappa shape index (κ1) is 16.6. The zero-order valence-corrected chi connectivity index (χ0v) is 13.0. The van der Waals surface area contributed by atoms with Crippen LogP contribution >= 0.6 is 0 Å². The summed E-state index contributed by atoms with van der Waals surface area (Å²) < 4.78 is 0. The molecular formula is C16H26N2O2. The van der Waals surface area contributed by atoms with Crippen molar-refractivity contribution in [3.8, 4) is 12.3 Å². The van der Waals surface area contributed by atoms with Crippen molar-refractivity contribution in [3.05, 3.63) is 0 Å². The van der Waals surface area contributed by atoms with Gasteiger partial charge in [0.15, 0.2) is 0 Å². The quantitative estimate of drug-likeness (QED) is 0.755. The van der Waals surface area contributed by atoms with Crippen LogP contribution < -0.4 is 5.32 Å². The van der Waals surface area contributed by atoms with Gasteiger partial charge in [0.2, 0.25) is 11.8 Å². The monoisotopic (exact) mass is 278 g/mol. The summed E-state index contributed by atoms with van der Waals surface area (Å²) in [6.45, 7) is 8.03. The third-order valence-electron chi connectivity index (χ3n) is 3.82. The van der Waals surface area contributed by atoms with E-state index >= 15 is 0 Å². The normalized spacial score (nSPS) is 24.5. The molecule has 0 radical (unpaired) electrons. The van der Waals surface area contributed by atoms with E-state index in [1.54, 1.807) is 4.90 Å². The van der Waals surface area contributed by atoms with Crippen LogP contribution in [0, 0.1) is 18.3 Å². The molecule has 2 amide bonds. The lowest BCUT2D eigenvalue weighted by Crippen LogP contribution is -2.65. The predicted molar refractivity (Wildman–Crippen MR) is 79.8 cm³/mol. The first-order chi connectivity index (χ1) is 9.46. The Morgan fingerprint density at radius 2 is 2.00 bits per heavy atom. The molecule has 1 N–H and O–H groups in total. The number of piperazine rings is 1. The lowest BCUT2D eigenvalue weighted by molar-refractivity contribution is -0.152. The number of terminal acetylenes is 1. The van der Waals surface area contributed by atoms with E-state index < -0.39 is 6.04 Å². The number of nitrogens with zero attached hydrogens (tertiary/aromatic N) is 1. The third kappa shape index (κ3) is 3.53. The Morgan fingerprint density at radius 1 is 1.35 bits per heavy atom. The van der Waals surface area contributed by atoms with E-state index in [2.05, 4.69) is 25.1 Å². The number of hydrogen-bond acceptors (Lipinski definition) is 2. The van der Waals surface area contributed by atoms with Gasteiger partial charge in [-0.25, -0.2) is 0 Å². The van der Waals surface area contributed by atoms with Crippen LogP contribution in [-0.2, 0) is 9.59 Å². The fraction of sp³-hybridized carbons (Fsp3) is 0.750. The highest BCUT2D eigenvalue weighted by molar-refractivity contribution is 5.97. The molecule has 0 aromatic heterocycles. The molecular weight excluding hydrogens is 252 g/mol. The molecule has 4 heteroatoms. The standard InChI is InChI=1S/C16H26N2O2/c1-6-9-12(7-2)18-14(8-3)15(19)17-13(16(18)20)10-11(4)5/h1,11-14H,7-10H2,2-5H3,(H,17,19). The van der Waals surface area contributed by atoms with Crippen molar-refractivity contribution in [3.63, 3.8) is 0 Å². The van der Waals surface area contributed by atoms with Crippen molar-refractivity contribution >= 4 is 11.8 Å². The van der Waals surface area contributed by atoms with Crippen molar-refractivity contribution in [2.45, 2.75) is 71.5 Å². The molecule has 1 rings (SSSR count). The van der Waals surface area contributed by atoms with Gasteiger partial charge in [0.05, 0.1) is 0 Å². The summed E-state index contributed by atoms with van der Waals surface area (Å²) in [5.74, 6) is 2.96. The summed E-state index contributed by atoms with van der Waals surface area (Å²) >= 11 is 0. The van der Waals surface area contributed by atoms with Crippen LogP contribution in [0.5, 0.6) is 0 Å². The fourth-order valence-corrected chi connectivity index (χ4v) is 2.81. The van der Waals surface area contributed by atoms with Gasteiger partial charge in [-0.3, -0.25) is 9.59 Å². The average Bonchev–Trinajstić information content (AvgIpc) is 2.39. The Kier molecular flexibility index (Phi) is 6.06. The molecule has 0 aromatic rings. The predicted octanol–water partition coefficient (Wildman–Crippen LogP) is 1.94. The number of rotatable bonds is 6. The highest BCUT2D eigenvalue weighted by Crippen LogP contribution is 2.22. The summed E-state index contributed by atoms with van der Waals surface area (Å²) in [5, 5.41) is 2.87. The van der Waals surface area contributed by atoms with Crippen LogP contribution in [0.4, 0.5) is 0 Å². The Morgan fingerprint density at radius 3 is 2.45 bits per heavy atom. The lowest BCUT2D eigenvalue weighted by Gasteiger charge is -2.43. The van der Waals surface area contributed by atoms with Gasteiger partial charge in [-0.2, -0.15) is 0 Å². The van der Waals surface area contributed by atoms with E-state index in [-0.39, 0.29) is 23.9 Å². The molecule has 0 spiro atoms. The van der Waals surface area contributed by atoms with E-state index in [1.807, 2.05) is 13.8 Å². The van der Waals surface area contributed by atoms with Gasteiger partial charge < -0.3 is 10.2 Å². The van der Waals surface area contributed by atoms with Gasteiger partial charge in [-0.05, 0) is 25.2 Å².